The Balaban J connectivity index is 1.80. The standard InChI is InChI=1S/C15H11BrClN3O2S/c1-22-11-6-5-10(17)13-12(11)18-15(23-13)20-19-14(21)8-3-2-4-9(16)7-8/h2-7H,1H3,(H,18,20)(H,19,21). The van der Waals surface area contributed by atoms with E-state index < -0.39 is 0 Å². The third-order valence-corrected chi connectivity index (χ3v) is 4.97. The Kier molecular flexibility index (Phi) is 4.70. The number of hydrazine groups is 1. The zero-order chi connectivity index (χ0) is 16.4. The number of carbonyl (C=O) groups excluding carboxylic acids is 1. The molecule has 1 amide bonds. The first-order valence-corrected chi connectivity index (χ1v) is 8.52. The van der Waals surface area contributed by atoms with Gasteiger partial charge in [-0.05, 0) is 30.3 Å². The van der Waals surface area contributed by atoms with E-state index in [1.807, 2.05) is 6.07 Å². The zero-order valence-electron chi connectivity index (χ0n) is 11.9. The van der Waals surface area contributed by atoms with Crippen LogP contribution in [0.5, 0.6) is 5.75 Å². The highest BCUT2D eigenvalue weighted by Crippen LogP contribution is 2.37. The Bertz CT molecular complexity index is 884. The predicted octanol–water partition coefficient (Wildman–Crippen LogP) is 4.48. The molecule has 3 rings (SSSR count). The predicted molar refractivity (Wildman–Crippen MR) is 96.4 cm³/mol. The molecule has 0 atom stereocenters. The molecule has 0 unspecified atom stereocenters. The van der Waals surface area contributed by atoms with Crippen molar-refractivity contribution >= 4 is 60.1 Å². The summed E-state index contributed by atoms with van der Waals surface area (Å²) in [6.07, 6.45) is 0. The van der Waals surface area contributed by atoms with Crippen LogP contribution in [0.4, 0.5) is 5.13 Å². The van der Waals surface area contributed by atoms with E-state index in [1.165, 1.54) is 11.3 Å². The summed E-state index contributed by atoms with van der Waals surface area (Å²) in [6, 6.07) is 10.6. The van der Waals surface area contributed by atoms with Crippen LogP contribution < -0.4 is 15.6 Å². The minimum absolute atomic E-state index is 0.261. The van der Waals surface area contributed by atoms with Crippen LogP contribution in [0.25, 0.3) is 10.2 Å². The summed E-state index contributed by atoms with van der Waals surface area (Å²) in [6.45, 7) is 0. The number of hydrogen-bond acceptors (Lipinski definition) is 5. The highest BCUT2D eigenvalue weighted by atomic mass is 79.9. The summed E-state index contributed by atoms with van der Waals surface area (Å²) in [4.78, 5) is 16.5. The van der Waals surface area contributed by atoms with Gasteiger partial charge in [-0.2, -0.15) is 0 Å². The van der Waals surface area contributed by atoms with Crippen LogP contribution >= 0.6 is 38.9 Å². The Morgan fingerprint density at radius 1 is 1.35 bits per heavy atom. The van der Waals surface area contributed by atoms with Crippen LogP contribution in [0.1, 0.15) is 10.4 Å². The summed E-state index contributed by atoms with van der Waals surface area (Å²) in [5.41, 5.74) is 6.61. The van der Waals surface area contributed by atoms with Crippen molar-refractivity contribution in [3.05, 3.63) is 51.5 Å². The summed E-state index contributed by atoms with van der Waals surface area (Å²) >= 11 is 10.8. The molecule has 0 fully saturated rings. The molecule has 0 aliphatic rings. The maximum Gasteiger partial charge on any atom is 0.269 e. The van der Waals surface area contributed by atoms with Crippen LogP contribution in [-0.4, -0.2) is 18.0 Å². The molecule has 23 heavy (non-hydrogen) atoms. The molecule has 0 aliphatic carbocycles. The van der Waals surface area contributed by atoms with Gasteiger partial charge in [-0.3, -0.25) is 15.6 Å². The van der Waals surface area contributed by atoms with E-state index in [9.17, 15) is 4.79 Å². The average molecular weight is 413 g/mol. The lowest BCUT2D eigenvalue weighted by Crippen LogP contribution is -2.29. The Morgan fingerprint density at radius 3 is 2.91 bits per heavy atom. The number of benzene rings is 2. The van der Waals surface area contributed by atoms with E-state index in [0.717, 1.165) is 9.17 Å². The molecule has 0 spiro atoms. The van der Waals surface area contributed by atoms with Gasteiger partial charge < -0.3 is 4.74 Å². The molecule has 118 valence electrons. The summed E-state index contributed by atoms with van der Waals surface area (Å²) in [7, 11) is 1.57. The highest BCUT2D eigenvalue weighted by molar-refractivity contribution is 9.10. The van der Waals surface area contributed by atoms with E-state index in [1.54, 1.807) is 37.4 Å². The number of hydrogen-bond donors (Lipinski definition) is 2. The molecule has 8 heteroatoms. The van der Waals surface area contributed by atoms with Crippen molar-refractivity contribution < 1.29 is 9.53 Å². The van der Waals surface area contributed by atoms with Crippen LogP contribution in [-0.2, 0) is 0 Å². The van der Waals surface area contributed by atoms with Crippen molar-refractivity contribution in [2.45, 2.75) is 0 Å². The quantitative estimate of drug-likeness (QED) is 0.620. The van der Waals surface area contributed by atoms with Gasteiger partial charge in [0, 0.05) is 10.0 Å². The fraction of sp³-hybridized carbons (Fsp3) is 0.0667. The number of rotatable bonds is 4. The van der Waals surface area contributed by atoms with Crippen molar-refractivity contribution in [1.82, 2.24) is 10.4 Å². The maximum atomic E-state index is 12.1. The average Bonchev–Trinajstić information content (AvgIpc) is 2.98. The normalized spacial score (nSPS) is 10.6. The van der Waals surface area contributed by atoms with Crippen LogP contribution in [0.2, 0.25) is 5.02 Å². The molecule has 0 saturated carbocycles. The molecular formula is C15H11BrClN3O2S. The highest BCUT2D eigenvalue weighted by Gasteiger charge is 2.13. The topological polar surface area (TPSA) is 63.2 Å². The number of thiazole rings is 1. The first-order chi connectivity index (χ1) is 11.1. The Morgan fingerprint density at radius 2 is 2.17 bits per heavy atom. The monoisotopic (exact) mass is 411 g/mol. The van der Waals surface area contributed by atoms with E-state index in [2.05, 4.69) is 31.8 Å². The van der Waals surface area contributed by atoms with Crippen molar-refractivity contribution in [1.29, 1.82) is 0 Å². The number of ether oxygens (including phenoxy) is 1. The van der Waals surface area contributed by atoms with Gasteiger partial charge in [-0.15, -0.1) is 0 Å². The molecule has 0 radical (unpaired) electrons. The lowest BCUT2D eigenvalue weighted by molar-refractivity contribution is 0.0962. The number of methoxy groups -OCH3 is 1. The van der Waals surface area contributed by atoms with Crippen LogP contribution in [0.15, 0.2) is 40.9 Å². The Labute approximate surface area is 149 Å². The number of amides is 1. The van der Waals surface area contributed by atoms with Gasteiger partial charge in [-0.25, -0.2) is 4.98 Å². The fourth-order valence-corrected chi connectivity index (χ4v) is 3.49. The van der Waals surface area contributed by atoms with Crippen LogP contribution in [0, 0.1) is 0 Å². The third-order valence-electron chi connectivity index (χ3n) is 3.05. The number of halogens is 2. The number of fused-ring (bicyclic) bond motifs is 1. The molecule has 0 saturated heterocycles. The second-order valence-electron chi connectivity index (χ2n) is 4.54. The van der Waals surface area contributed by atoms with Gasteiger partial charge in [0.1, 0.15) is 11.3 Å². The molecular weight excluding hydrogens is 402 g/mol. The second-order valence-corrected chi connectivity index (χ2v) is 6.86. The minimum atomic E-state index is -0.261. The van der Waals surface area contributed by atoms with E-state index in [-0.39, 0.29) is 5.91 Å². The smallest absolute Gasteiger partial charge is 0.269 e. The van der Waals surface area contributed by atoms with Gasteiger partial charge >= 0.3 is 0 Å². The number of nitrogens with zero attached hydrogens (tertiary/aromatic N) is 1. The van der Waals surface area contributed by atoms with Gasteiger partial charge in [0.2, 0.25) is 5.13 Å². The SMILES string of the molecule is COc1ccc(Cl)c2sc(NNC(=O)c3cccc(Br)c3)nc12. The molecule has 3 aromatic rings. The maximum absolute atomic E-state index is 12.1. The summed E-state index contributed by atoms with van der Waals surface area (Å²) in [5.74, 6) is 0.371. The molecule has 2 N–H and O–H groups in total. The number of carbonyl (C=O) groups is 1. The molecule has 2 aromatic carbocycles. The van der Waals surface area contributed by atoms with E-state index >= 15 is 0 Å². The van der Waals surface area contributed by atoms with E-state index in [0.29, 0.717) is 27.0 Å². The second kappa shape index (κ2) is 6.74. The van der Waals surface area contributed by atoms with Crippen molar-refractivity contribution in [3.63, 3.8) is 0 Å². The van der Waals surface area contributed by atoms with Crippen LogP contribution in [0.3, 0.4) is 0 Å². The minimum Gasteiger partial charge on any atom is -0.494 e. The molecule has 0 aliphatic heterocycles. The zero-order valence-corrected chi connectivity index (χ0v) is 15.1. The Hall–Kier alpha value is -1.83. The first-order valence-electron chi connectivity index (χ1n) is 6.53. The largest absolute Gasteiger partial charge is 0.494 e. The number of anilines is 1. The van der Waals surface area contributed by atoms with Gasteiger partial charge in [-0.1, -0.05) is 44.9 Å². The molecule has 1 heterocycles. The number of nitrogens with one attached hydrogen (secondary N) is 2. The van der Waals surface area contributed by atoms with Gasteiger partial charge in [0.15, 0.2) is 0 Å². The lowest BCUT2D eigenvalue weighted by Gasteiger charge is -2.05. The lowest BCUT2D eigenvalue weighted by atomic mass is 10.2. The summed E-state index contributed by atoms with van der Waals surface area (Å²) < 4.78 is 6.90. The molecule has 1 aromatic heterocycles. The third kappa shape index (κ3) is 3.41. The molecule has 5 nitrogen and oxygen atoms in total. The summed E-state index contributed by atoms with van der Waals surface area (Å²) in [5, 5.41) is 1.11. The van der Waals surface area contributed by atoms with Gasteiger partial charge in [0.05, 0.1) is 16.8 Å². The van der Waals surface area contributed by atoms with Crippen molar-refractivity contribution in [2.75, 3.05) is 12.5 Å². The van der Waals surface area contributed by atoms with Gasteiger partial charge in [0.25, 0.3) is 5.91 Å². The molecule has 0 bridgehead atoms. The van der Waals surface area contributed by atoms with Crippen molar-refractivity contribution in [3.8, 4) is 5.75 Å². The fourth-order valence-electron chi connectivity index (χ4n) is 1.98. The number of aromatic nitrogens is 1. The first kappa shape index (κ1) is 16.0. The van der Waals surface area contributed by atoms with E-state index in [4.69, 9.17) is 16.3 Å². The van der Waals surface area contributed by atoms with Crippen molar-refractivity contribution in [2.24, 2.45) is 0 Å².